The first kappa shape index (κ1) is 10.4. The Hall–Kier alpha value is -1.13. The average molecular weight is 235 g/mol. The van der Waals surface area contributed by atoms with E-state index < -0.39 is 0 Å². The smallest absolute Gasteiger partial charge is 0.204 e. The number of hydrogen-bond acceptors (Lipinski definition) is 2. The Morgan fingerprint density at radius 3 is 2.60 bits per heavy atom. The largest absolute Gasteiger partial charge is 0.332 e. The summed E-state index contributed by atoms with van der Waals surface area (Å²) in [6.45, 7) is 0.812. The topological polar surface area (TPSA) is 19.7 Å². The highest BCUT2D eigenvalue weighted by Gasteiger charge is 2.03. The average Bonchev–Trinajstić information content (AvgIpc) is 2.17. The molecule has 0 radical (unpaired) electrons. The molecule has 0 saturated heterocycles. The predicted octanol–water partition coefficient (Wildman–Crippen LogP) is 2.37. The second kappa shape index (κ2) is 4.59. The lowest BCUT2D eigenvalue weighted by Gasteiger charge is -1.97. The van der Waals surface area contributed by atoms with Gasteiger partial charge in [-0.25, -0.2) is 0 Å². The monoisotopic (exact) mass is 235 g/mol. The summed E-state index contributed by atoms with van der Waals surface area (Å²) in [4.78, 5) is 2.95. The number of H-pyrrole nitrogens is 1. The molecular formula is C11H11N2S2+. The lowest BCUT2D eigenvalue weighted by Crippen LogP contribution is -2.34. The third-order valence-electron chi connectivity index (χ3n) is 2.03. The molecule has 0 saturated carbocycles. The van der Waals surface area contributed by atoms with Crippen LogP contribution in [0.5, 0.6) is 0 Å². The van der Waals surface area contributed by atoms with Gasteiger partial charge in [0.25, 0.3) is 0 Å². The van der Waals surface area contributed by atoms with Gasteiger partial charge in [0.2, 0.25) is 6.20 Å². The maximum absolute atomic E-state index is 5.08. The van der Waals surface area contributed by atoms with Crippen molar-refractivity contribution in [1.29, 1.82) is 0 Å². The van der Waals surface area contributed by atoms with Gasteiger partial charge in [-0.05, 0) is 0 Å². The summed E-state index contributed by atoms with van der Waals surface area (Å²) < 4.78 is 2.72. The van der Waals surface area contributed by atoms with E-state index in [0.717, 1.165) is 11.6 Å². The minimum absolute atomic E-state index is 0.693. The maximum atomic E-state index is 5.08. The number of benzene rings is 1. The van der Waals surface area contributed by atoms with E-state index in [1.165, 1.54) is 5.56 Å². The molecule has 0 aliphatic rings. The quantitative estimate of drug-likeness (QED) is 0.465. The van der Waals surface area contributed by atoms with Gasteiger partial charge in [0, 0.05) is 5.56 Å². The molecule has 0 spiro atoms. The van der Waals surface area contributed by atoms with Crippen LogP contribution < -0.4 is 4.57 Å². The van der Waals surface area contributed by atoms with E-state index >= 15 is 0 Å². The van der Waals surface area contributed by atoms with Crippen LogP contribution in [0.25, 0.3) is 0 Å². The van der Waals surface area contributed by atoms with Crippen molar-refractivity contribution in [2.45, 2.75) is 11.6 Å². The second-order valence-corrected chi connectivity index (χ2v) is 4.21. The summed E-state index contributed by atoms with van der Waals surface area (Å²) in [6.07, 6.45) is 3.81. The third kappa shape index (κ3) is 2.91. The van der Waals surface area contributed by atoms with Crippen LogP contribution in [-0.4, -0.2) is 4.98 Å². The highest BCUT2D eigenvalue weighted by atomic mass is 32.1. The second-order valence-electron chi connectivity index (χ2n) is 3.29. The zero-order valence-electron chi connectivity index (χ0n) is 8.05. The molecule has 76 valence electrons. The number of thiol groups is 1. The Balaban J connectivity index is 2.29. The molecule has 4 heteroatoms. The van der Waals surface area contributed by atoms with Crippen molar-refractivity contribution in [3.05, 3.63) is 52.9 Å². The lowest BCUT2D eigenvalue weighted by atomic mass is 10.2. The Kier molecular flexibility index (Phi) is 3.18. The summed E-state index contributed by atoms with van der Waals surface area (Å²) in [5, 5.41) is 0.776. The molecule has 2 nitrogen and oxygen atoms in total. The zero-order chi connectivity index (χ0) is 10.7. The van der Waals surface area contributed by atoms with Gasteiger partial charge in [0.1, 0.15) is 5.03 Å². The summed E-state index contributed by atoms with van der Waals surface area (Å²) >= 11 is 9.33. The van der Waals surface area contributed by atoms with Gasteiger partial charge in [-0.3, -0.25) is 0 Å². The normalized spacial score (nSPS) is 10.2. The lowest BCUT2D eigenvalue weighted by molar-refractivity contribution is -0.691. The SMILES string of the molecule is S=c1c[n+](Cc2ccccc2)cc(S)[nH]1. The minimum atomic E-state index is 0.693. The first-order valence-corrected chi connectivity index (χ1v) is 5.46. The van der Waals surface area contributed by atoms with E-state index in [2.05, 4.69) is 29.7 Å². The summed E-state index contributed by atoms with van der Waals surface area (Å²) in [5.41, 5.74) is 1.25. The molecule has 0 atom stereocenters. The molecule has 1 heterocycles. The van der Waals surface area contributed by atoms with Gasteiger partial charge in [-0.2, -0.15) is 4.57 Å². The van der Waals surface area contributed by atoms with Gasteiger partial charge in [0.15, 0.2) is 17.4 Å². The molecule has 0 aliphatic heterocycles. The molecular weight excluding hydrogens is 224 g/mol. The molecule has 15 heavy (non-hydrogen) atoms. The molecule has 2 aromatic rings. The van der Waals surface area contributed by atoms with Crippen LogP contribution in [0.3, 0.4) is 0 Å². The van der Waals surface area contributed by atoms with Gasteiger partial charge in [-0.15, -0.1) is 12.6 Å². The van der Waals surface area contributed by atoms with Crippen molar-refractivity contribution in [2.24, 2.45) is 0 Å². The standard InChI is InChI=1S/C11H10N2S2/c14-10-7-13(8-11(15)12-10)6-9-4-2-1-3-5-9/h1-5,7-8H,6H2,(H-,12,14,15)/p+1. The van der Waals surface area contributed by atoms with Gasteiger partial charge in [-0.1, -0.05) is 42.5 Å². The maximum Gasteiger partial charge on any atom is 0.204 e. The molecule has 0 aliphatic carbocycles. The fourth-order valence-electron chi connectivity index (χ4n) is 1.42. The van der Waals surface area contributed by atoms with Crippen molar-refractivity contribution < 1.29 is 4.57 Å². The van der Waals surface area contributed by atoms with Gasteiger partial charge >= 0.3 is 0 Å². The fourth-order valence-corrected chi connectivity index (χ4v) is 2.01. The first-order valence-electron chi connectivity index (χ1n) is 4.60. The van der Waals surface area contributed by atoms with Gasteiger partial charge < -0.3 is 4.98 Å². The summed E-state index contributed by atoms with van der Waals surface area (Å²) in [7, 11) is 0. The van der Waals surface area contributed by atoms with E-state index in [1.807, 2.05) is 35.2 Å². The molecule has 1 aromatic carbocycles. The van der Waals surface area contributed by atoms with Crippen LogP contribution in [0.15, 0.2) is 47.8 Å². The van der Waals surface area contributed by atoms with E-state index in [4.69, 9.17) is 12.2 Å². The molecule has 0 bridgehead atoms. The van der Waals surface area contributed by atoms with E-state index in [9.17, 15) is 0 Å². The molecule has 1 N–H and O–H groups in total. The molecule has 0 unspecified atom stereocenters. The van der Waals surface area contributed by atoms with E-state index in [1.54, 1.807) is 0 Å². The third-order valence-corrected chi connectivity index (χ3v) is 2.47. The van der Waals surface area contributed by atoms with Crippen molar-refractivity contribution in [3.63, 3.8) is 0 Å². The minimum Gasteiger partial charge on any atom is -0.332 e. The molecule has 0 fully saturated rings. The highest BCUT2D eigenvalue weighted by Crippen LogP contribution is 1.99. The molecule has 0 amide bonds. The zero-order valence-corrected chi connectivity index (χ0v) is 9.76. The summed E-state index contributed by atoms with van der Waals surface area (Å²) in [5.74, 6) is 0. The molecule has 1 aromatic heterocycles. The van der Waals surface area contributed by atoms with Crippen LogP contribution in [0, 0.1) is 4.64 Å². The number of rotatable bonds is 2. The first-order chi connectivity index (χ1) is 7.24. The van der Waals surface area contributed by atoms with Crippen molar-refractivity contribution in [3.8, 4) is 0 Å². The Morgan fingerprint density at radius 2 is 1.93 bits per heavy atom. The number of hydrogen-bond donors (Lipinski definition) is 2. The number of aromatic nitrogens is 2. The Morgan fingerprint density at radius 1 is 1.20 bits per heavy atom. The van der Waals surface area contributed by atoms with E-state index in [-0.39, 0.29) is 0 Å². The fraction of sp³-hybridized carbons (Fsp3) is 0.0909. The van der Waals surface area contributed by atoms with Crippen molar-refractivity contribution in [1.82, 2.24) is 4.98 Å². The van der Waals surface area contributed by atoms with Crippen molar-refractivity contribution >= 4 is 24.8 Å². The number of nitrogens with one attached hydrogen (secondary N) is 1. The van der Waals surface area contributed by atoms with E-state index in [0.29, 0.717) is 4.64 Å². The molecule has 2 rings (SSSR count). The van der Waals surface area contributed by atoms with Gasteiger partial charge in [0.05, 0.1) is 0 Å². The van der Waals surface area contributed by atoms with Crippen LogP contribution in [0.1, 0.15) is 5.56 Å². The Labute approximate surface area is 99.0 Å². The van der Waals surface area contributed by atoms with Crippen LogP contribution in [-0.2, 0) is 6.54 Å². The summed E-state index contributed by atoms with van der Waals surface area (Å²) in [6, 6.07) is 10.2. The Bertz CT molecular complexity index is 505. The van der Waals surface area contributed by atoms with Crippen LogP contribution in [0.2, 0.25) is 0 Å². The predicted molar refractivity (Wildman–Crippen MR) is 64.6 cm³/mol. The van der Waals surface area contributed by atoms with Crippen molar-refractivity contribution in [2.75, 3.05) is 0 Å². The van der Waals surface area contributed by atoms with Crippen LogP contribution in [0.4, 0.5) is 0 Å². The van der Waals surface area contributed by atoms with Crippen LogP contribution >= 0.6 is 24.8 Å². The number of nitrogens with zero attached hydrogens (tertiary/aromatic N) is 1. The highest BCUT2D eigenvalue weighted by molar-refractivity contribution is 7.80. The number of aromatic amines is 1.